The average Bonchev–Trinajstić information content (AvgIpc) is 2.44. The fourth-order valence-electron chi connectivity index (χ4n) is 2.19. The van der Waals surface area contributed by atoms with E-state index in [0.29, 0.717) is 12.1 Å². The number of nitrogens with zero attached hydrogens (tertiary/aromatic N) is 1. The van der Waals surface area contributed by atoms with E-state index in [1.807, 2.05) is 39.8 Å². The lowest BCUT2D eigenvalue weighted by Gasteiger charge is -2.31. The molecule has 2 atom stereocenters. The summed E-state index contributed by atoms with van der Waals surface area (Å²) in [5.41, 5.74) is 1.55. The Balaban J connectivity index is 3.19. The van der Waals surface area contributed by atoms with E-state index in [-0.39, 0.29) is 11.9 Å². The van der Waals surface area contributed by atoms with Crippen molar-refractivity contribution in [3.05, 3.63) is 29.8 Å². The quantitative estimate of drug-likeness (QED) is 0.837. The molecule has 0 bridgehead atoms. The number of nitrogens with one attached hydrogen (secondary N) is 1. The van der Waals surface area contributed by atoms with E-state index in [1.54, 1.807) is 12.1 Å². The van der Waals surface area contributed by atoms with Crippen LogP contribution < -0.4 is 9.62 Å². The minimum absolute atomic E-state index is 0.0148. The molecule has 0 fully saturated rings. The molecule has 0 spiro atoms. The summed E-state index contributed by atoms with van der Waals surface area (Å²) in [6.45, 7) is 7.62. The number of anilines is 1. The number of aryl methyl sites for hydroxylation is 1. The van der Waals surface area contributed by atoms with E-state index >= 15 is 0 Å². The van der Waals surface area contributed by atoms with Crippen molar-refractivity contribution < 1.29 is 13.2 Å². The Hall–Kier alpha value is -1.56. The summed E-state index contributed by atoms with van der Waals surface area (Å²) in [7, 11) is -3.56. The largest absolute Gasteiger partial charge is 0.352 e. The standard InChI is InChI=1S/C16H26N2O3S/c1-6-13(4)17-16(19)15(7-2)18(22(5,20)21)14-10-8-12(3)9-11-14/h8-11,13,15H,6-7H2,1-5H3,(H,17,19)/t13-,15+/m0/s1. The lowest BCUT2D eigenvalue weighted by Crippen LogP contribution is -2.51. The molecule has 0 heterocycles. The molecule has 0 aliphatic rings. The molecule has 1 amide bonds. The molecular weight excluding hydrogens is 300 g/mol. The molecule has 22 heavy (non-hydrogen) atoms. The highest BCUT2D eigenvalue weighted by Gasteiger charge is 2.31. The van der Waals surface area contributed by atoms with Crippen molar-refractivity contribution in [1.29, 1.82) is 0 Å². The van der Waals surface area contributed by atoms with Crippen LogP contribution in [0.3, 0.4) is 0 Å². The topological polar surface area (TPSA) is 66.5 Å². The zero-order valence-electron chi connectivity index (χ0n) is 14.0. The first kappa shape index (κ1) is 18.5. The fourth-order valence-corrected chi connectivity index (χ4v) is 3.40. The maximum Gasteiger partial charge on any atom is 0.244 e. The van der Waals surface area contributed by atoms with Gasteiger partial charge in [-0.1, -0.05) is 31.5 Å². The van der Waals surface area contributed by atoms with E-state index in [2.05, 4.69) is 5.32 Å². The summed E-state index contributed by atoms with van der Waals surface area (Å²) >= 11 is 0. The molecule has 0 aromatic heterocycles. The van der Waals surface area contributed by atoms with Gasteiger partial charge in [0.15, 0.2) is 0 Å². The number of hydrogen-bond donors (Lipinski definition) is 1. The zero-order valence-corrected chi connectivity index (χ0v) is 14.8. The van der Waals surface area contributed by atoms with Gasteiger partial charge >= 0.3 is 0 Å². The third-order valence-electron chi connectivity index (χ3n) is 3.62. The van der Waals surface area contributed by atoms with Gasteiger partial charge in [-0.15, -0.1) is 0 Å². The highest BCUT2D eigenvalue weighted by molar-refractivity contribution is 7.92. The Morgan fingerprint density at radius 1 is 1.18 bits per heavy atom. The fraction of sp³-hybridized carbons (Fsp3) is 0.562. The Kier molecular flexibility index (Phi) is 6.41. The molecule has 1 aromatic rings. The van der Waals surface area contributed by atoms with Gasteiger partial charge in [0, 0.05) is 6.04 Å². The minimum Gasteiger partial charge on any atom is -0.352 e. The monoisotopic (exact) mass is 326 g/mol. The van der Waals surface area contributed by atoms with Gasteiger partial charge in [0.25, 0.3) is 0 Å². The zero-order chi connectivity index (χ0) is 16.9. The van der Waals surface area contributed by atoms with Gasteiger partial charge in [0.2, 0.25) is 15.9 Å². The first-order valence-corrected chi connectivity index (χ1v) is 9.42. The number of carbonyl (C=O) groups is 1. The van der Waals surface area contributed by atoms with Crippen molar-refractivity contribution in [3.63, 3.8) is 0 Å². The van der Waals surface area contributed by atoms with Gasteiger partial charge in [0.1, 0.15) is 6.04 Å². The maximum absolute atomic E-state index is 12.5. The number of amides is 1. The molecule has 0 radical (unpaired) electrons. The highest BCUT2D eigenvalue weighted by atomic mass is 32.2. The number of carbonyl (C=O) groups excluding carboxylic acids is 1. The van der Waals surface area contributed by atoms with Crippen LogP contribution in [0.25, 0.3) is 0 Å². The summed E-state index contributed by atoms with van der Waals surface area (Å²) in [6, 6.07) is 6.41. The average molecular weight is 326 g/mol. The molecule has 1 aromatic carbocycles. The van der Waals surface area contributed by atoms with Gasteiger partial charge in [-0.3, -0.25) is 9.10 Å². The lowest BCUT2D eigenvalue weighted by molar-refractivity contribution is -0.122. The van der Waals surface area contributed by atoms with E-state index < -0.39 is 16.1 Å². The predicted molar refractivity (Wildman–Crippen MR) is 90.5 cm³/mol. The first-order valence-electron chi connectivity index (χ1n) is 7.57. The summed E-state index contributed by atoms with van der Waals surface area (Å²) in [5, 5.41) is 2.87. The van der Waals surface area contributed by atoms with Gasteiger partial charge in [-0.05, 0) is 38.8 Å². The molecule has 1 N–H and O–H groups in total. The molecule has 0 saturated carbocycles. The van der Waals surface area contributed by atoms with Gasteiger partial charge in [0.05, 0.1) is 11.9 Å². The number of sulfonamides is 1. The molecule has 0 aliphatic carbocycles. The van der Waals surface area contributed by atoms with Crippen LogP contribution in [0.15, 0.2) is 24.3 Å². The van der Waals surface area contributed by atoms with Crippen LogP contribution in [0, 0.1) is 6.92 Å². The van der Waals surface area contributed by atoms with E-state index in [9.17, 15) is 13.2 Å². The maximum atomic E-state index is 12.5. The smallest absolute Gasteiger partial charge is 0.244 e. The van der Waals surface area contributed by atoms with Crippen LogP contribution in [-0.4, -0.2) is 32.7 Å². The number of hydrogen-bond acceptors (Lipinski definition) is 3. The van der Waals surface area contributed by atoms with E-state index in [1.165, 1.54) is 4.31 Å². The molecule has 0 saturated heterocycles. The van der Waals surface area contributed by atoms with Crippen LogP contribution in [-0.2, 0) is 14.8 Å². The molecule has 5 nitrogen and oxygen atoms in total. The third kappa shape index (κ3) is 4.73. The summed E-state index contributed by atoms with van der Waals surface area (Å²) < 4.78 is 25.7. The molecule has 124 valence electrons. The van der Waals surface area contributed by atoms with Crippen molar-refractivity contribution in [2.24, 2.45) is 0 Å². The van der Waals surface area contributed by atoms with Gasteiger partial charge in [-0.2, -0.15) is 0 Å². The highest BCUT2D eigenvalue weighted by Crippen LogP contribution is 2.23. The Morgan fingerprint density at radius 3 is 2.14 bits per heavy atom. The summed E-state index contributed by atoms with van der Waals surface area (Å²) in [6.07, 6.45) is 2.33. The second-order valence-corrected chi connectivity index (χ2v) is 7.50. The second kappa shape index (κ2) is 7.63. The van der Waals surface area contributed by atoms with Crippen molar-refractivity contribution in [1.82, 2.24) is 5.32 Å². The normalized spacial score (nSPS) is 14.2. The summed E-state index contributed by atoms with van der Waals surface area (Å²) in [4.78, 5) is 12.5. The van der Waals surface area contributed by atoms with E-state index in [4.69, 9.17) is 0 Å². The van der Waals surface area contributed by atoms with Crippen LogP contribution >= 0.6 is 0 Å². The first-order chi connectivity index (χ1) is 10.2. The Bertz CT molecular complexity index is 596. The molecule has 0 aliphatic heterocycles. The number of benzene rings is 1. The van der Waals surface area contributed by atoms with Gasteiger partial charge < -0.3 is 5.32 Å². The summed E-state index contributed by atoms with van der Waals surface area (Å²) in [5.74, 6) is -0.261. The predicted octanol–water partition coefficient (Wildman–Crippen LogP) is 2.45. The molecule has 0 unspecified atom stereocenters. The SMILES string of the molecule is CC[C@H](C(=O)N[C@@H](C)CC)N(c1ccc(C)cc1)S(C)(=O)=O. The van der Waals surface area contributed by atoms with Crippen molar-refractivity contribution in [2.45, 2.75) is 52.6 Å². The minimum atomic E-state index is -3.56. The second-order valence-electron chi connectivity index (χ2n) is 5.64. The lowest BCUT2D eigenvalue weighted by atomic mass is 10.1. The Morgan fingerprint density at radius 2 is 1.73 bits per heavy atom. The van der Waals surface area contributed by atoms with Gasteiger partial charge in [-0.25, -0.2) is 8.42 Å². The van der Waals surface area contributed by atoms with Crippen molar-refractivity contribution in [2.75, 3.05) is 10.6 Å². The van der Waals surface area contributed by atoms with Crippen molar-refractivity contribution in [3.8, 4) is 0 Å². The van der Waals surface area contributed by atoms with Crippen molar-refractivity contribution >= 4 is 21.6 Å². The number of rotatable bonds is 7. The van der Waals surface area contributed by atoms with Crippen LogP contribution in [0.1, 0.15) is 39.2 Å². The Labute approximate surface area is 133 Å². The van der Waals surface area contributed by atoms with E-state index in [0.717, 1.165) is 18.2 Å². The van der Waals surface area contributed by atoms with Crippen LogP contribution in [0.4, 0.5) is 5.69 Å². The molecule has 1 rings (SSSR count). The molecular formula is C16H26N2O3S. The molecule has 6 heteroatoms. The van der Waals surface area contributed by atoms with Crippen LogP contribution in [0.5, 0.6) is 0 Å². The van der Waals surface area contributed by atoms with Crippen LogP contribution in [0.2, 0.25) is 0 Å². The third-order valence-corrected chi connectivity index (χ3v) is 4.80.